The number of ether oxygens (including phenoxy) is 4. The normalized spacial score (nSPS) is 31.9. The Morgan fingerprint density at radius 1 is 0.703 bits per heavy atom. The molecule has 19 nitrogen and oxygen atoms in total. The van der Waals surface area contributed by atoms with Crippen molar-refractivity contribution in [1.82, 2.24) is 24.9 Å². The van der Waals surface area contributed by atoms with E-state index in [1.807, 2.05) is 37.3 Å². The van der Waals surface area contributed by atoms with E-state index in [0.717, 1.165) is 49.9 Å². The van der Waals surface area contributed by atoms with Gasteiger partial charge in [0.2, 0.25) is 15.6 Å². The number of carbonyl (C=O) groups excluding carboxylic acids is 6. The highest BCUT2D eigenvalue weighted by molar-refractivity contribution is 8.78. The van der Waals surface area contributed by atoms with Crippen LogP contribution in [0.15, 0.2) is 83.8 Å². The molecule has 3 aromatic rings. The van der Waals surface area contributed by atoms with E-state index in [-0.39, 0.29) is 54.7 Å². The van der Waals surface area contributed by atoms with Gasteiger partial charge < -0.3 is 44.1 Å². The molecule has 8 fully saturated rings. The molecule has 10 aliphatic rings. The van der Waals surface area contributed by atoms with Crippen LogP contribution < -0.4 is 9.62 Å². The molecule has 9 heterocycles. The predicted octanol–water partition coefficient (Wildman–Crippen LogP) is 4.18. The van der Waals surface area contributed by atoms with Gasteiger partial charge in [-0.05, 0) is 82.2 Å². The fourth-order valence-corrected chi connectivity index (χ4v) is 22.0. The summed E-state index contributed by atoms with van der Waals surface area (Å²) >= 11 is 0. The van der Waals surface area contributed by atoms with Gasteiger partial charge in [0.15, 0.2) is 9.74 Å². The molecular formula is C50H56N6O13S5. The monoisotopic (exact) mass is 1110 g/mol. The lowest BCUT2D eigenvalue weighted by Crippen LogP contribution is -2.78. The van der Waals surface area contributed by atoms with Crippen LogP contribution in [0.5, 0.6) is 0 Å². The average molecular weight is 1110 g/mol. The second kappa shape index (κ2) is 18.8. The van der Waals surface area contributed by atoms with Crippen molar-refractivity contribution >= 4 is 94.6 Å². The molecule has 0 aromatic heterocycles. The zero-order chi connectivity index (χ0) is 52.1. The van der Waals surface area contributed by atoms with E-state index in [0.29, 0.717) is 51.4 Å². The standard InChI is InChI=1S/C50H56N6O13S5/c1-4-22-66-25-26-67-24-21-51-38(58)20-12-13-23-68-44(63)69-31-50-43(62)55-39-46(29-48(55,71-73-50)41(60)53(50)3,35-18-10-11-19-36(35)56(39)74(64,65)33-15-6-5-7-16-33)45-28-47-40(59)52(2)49(30-57,72-70-47)42(61)54(47)37(45)27-32-14-8-9-17-34(32)45/h5-11,14-19,37,39,57H,4,12-13,20-31H2,1-3H3,(H,51,58)/t37-,39-,45-,46-,47-,48-,49-,50-/m0/s1. The fourth-order valence-electron chi connectivity index (χ4n) is 13.0. The number of aliphatic hydroxyl groups is 1. The van der Waals surface area contributed by atoms with Crippen LogP contribution in [-0.2, 0) is 70.2 Å². The summed E-state index contributed by atoms with van der Waals surface area (Å²) in [4.78, 5) is 86.7. The van der Waals surface area contributed by atoms with E-state index in [1.54, 1.807) is 41.3 Å². The lowest BCUT2D eigenvalue weighted by Gasteiger charge is -2.58. The molecule has 0 saturated carbocycles. The number of sulfonamides is 1. The highest BCUT2D eigenvalue weighted by Gasteiger charge is 2.89. The molecule has 2 N–H and O–H groups in total. The number of para-hydroxylation sites is 1. The summed E-state index contributed by atoms with van der Waals surface area (Å²) in [5, 5.41) is 13.8. The quantitative estimate of drug-likeness (QED) is 0.0977. The van der Waals surface area contributed by atoms with Crippen molar-refractivity contribution in [2.45, 2.75) is 99.3 Å². The first-order valence-electron chi connectivity index (χ1n) is 24.7. The van der Waals surface area contributed by atoms with Crippen molar-refractivity contribution in [3.8, 4) is 0 Å². The van der Waals surface area contributed by atoms with Crippen LogP contribution in [0.25, 0.3) is 0 Å². The number of amides is 5. The number of nitrogens with one attached hydrogen (secondary N) is 1. The number of hydrogen-bond acceptors (Lipinski definition) is 17. The fraction of sp³-hybridized carbons (Fsp3) is 0.520. The van der Waals surface area contributed by atoms with Crippen molar-refractivity contribution in [3.05, 3.63) is 95.6 Å². The number of piperazine rings is 2. The number of nitrogens with zero attached hydrogens (tertiary/aromatic N) is 5. The van der Waals surface area contributed by atoms with Gasteiger partial charge in [-0.15, -0.1) is 0 Å². The Labute approximate surface area is 444 Å². The molecule has 394 valence electrons. The van der Waals surface area contributed by atoms with Gasteiger partial charge in [-0.1, -0.05) is 89.2 Å². The number of unbranched alkanes of at least 4 members (excludes halogenated alkanes) is 1. The minimum Gasteiger partial charge on any atom is -0.434 e. The minimum atomic E-state index is -4.61. The molecule has 8 saturated heterocycles. The zero-order valence-corrected chi connectivity index (χ0v) is 45.0. The van der Waals surface area contributed by atoms with Gasteiger partial charge in [-0.2, -0.15) is 0 Å². The van der Waals surface area contributed by atoms with Crippen molar-refractivity contribution in [3.63, 3.8) is 0 Å². The SMILES string of the molecule is CCCOCCOCCNC(=O)CCCCOC(=O)OC[C@]12SS[C@@]3(C[C@]4([C@]56C[C@@]78SS[C@@](CO)(C(=O)N7[C@H]5Cc5ccccc56)N(C)C8=O)c5ccccc5N(S(=O)(=O)c5ccccc5)[C@@H]4N3C1=O)C(=O)N2C. The summed E-state index contributed by atoms with van der Waals surface area (Å²) in [5.74, 6) is -2.19. The molecule has 0 unspecified atom stereocenters. The number of aliphatic hydroxyl groups excluding tert-OH is 1. The smallest absolute Gasteiger partial charge is 0.434 e. The first-order chi connectivity index (χ1) is 35.6. The summed E-state index contributed by atoms with van der Waals surface area (Å²) in [7, 11) is 2.93. The molecule has 5 amide bonds. The van der Waals surface area contributed by atoms with Gasteiger partial charge in [0.25, 0.3) is 33.7 Å². The Balaban J connectivity index is 0.939. The maximum absolute atomic E-state index is 16.1. The highest BCUT2D eigenvalue weighted by Crippen LogP contribution is 2.79. The van der Waals surface area contributed by atoms with Crippen molar-refractivity contribution < 1.29 is 61.2 Å². The number of benzene rings is 3. The highest BCUT2D eigenvalue weighted by atomic mass is 33.1. The number of hydrogen-bond donors (Lipinski definition) is 2. The second-order valence-corrected chi connectivity index (χ2v) is 27.0. The van der Waals surface area contributed by atoms with E-state index in [9.17, 15) is 14.7 Å². The topological polar surface area (TPSA) is 222 Å². The van der Waals surface area contributed by atoms with E-state index in [1.165, 1.54) is 56.0 Å². The molecule has 9 aliphatic heterocycles. The molecule has 0 radical (unpaired) electrons. The van der Waals surface area contributed by atoms with Gasteiger partial charge in [-0.25, -0.2) is 17.5 Å². The molecule has 3 aromatic carbocycles. The van der Waals surface area contributed by atoms with E-state index < -0.39 is 89.6 Å². The maximum atomic E-state index is 16.1. The van der Waals surface area contributed by atoms with Crippen LogP contribution in [0.3, 0.4) is 0 Å². The summed E-state index contributed by atoms with van der Waals surface area (Å²) in [6, 6.07) is 21.8. The van der Waals surface area contributed by atoms with E-state index in [4.69, 9.17) is 18.9 Å². The molecular weight excluding hydrogens is 1050 g/mol. The number of likely N-dealkylation sites (N-methyl/N-ethyl adjacent to an activating group) is 2. The van der Waals surface area contributed by atoms with Gasteiger partial charge >= 0.3 is 6.16 Å². The number of fused-ring (bicyclic) bond motifs is 11. The van der Waals surface area contributed by atoms with Gasteiger partial charge in [-0.3, -0.25) is 28.9 Å². The number of carbonyl (C=O) groups is 6. The van der Waals surface area contributed by atoms with Crippen LogP contribution >= 0.6 is 43.2 Å². The second-order valence-electron chi connectivity index (χ2n) is 19.8. The average Bonchev–Trinajstić information content (AvgIpc) is 4.27. The Kier molecular flexibility index (Phi) is 13.1. The predicted molar refractivity (Wildman–Crippen MR) is 277 cm³/mol. The molecule has 4 bridgehead atoms. The van der Waals surface area contributed by atoms with Crippen LogP contribution in [0.2, 0.25) is 0 Å². The number of anilines is 1. The van der Waals surface area contributed by atoms with Gasteiger partial charge in [0, 0.05) is 58.0 Å². The third kappa shape index (κ3) is 6.89. The largest absolute Gasteiger partial charge is 0.508 e. The zero-order valence-electron chi connectivity index (χ0n) is 40.9. The van der Waals surface area contributed by atoms with Gasteiger partial charge in [0.05, 0.1) is 49.0 Å². The molecule has 1 aliphatic carbocycles. The Bertz CT molecular complexity index is 2940. The summed E-state index contributed by atoms with van der Waals surface area (Å²) in [6.45, 7) is 2.92. The van der Waals surface area contributed by atoms with Crippen molar-refractivity contribution in [2.75, 3.05) is 71.2 Å². The lowest BCUT2D eigenvalue weighted by atomic mass is 9.53. The number of rotatable bonds is 19. The first-order valence-corrected chi connectivity index (χ1v) is 30.4. The summed E-state index contributed by atoms with van der Waals surface area (Å²) in [5.41, 5.74) is -0.437. The van der Waals surface area contributed by atoms with E-state index >= 15 is 27.6 Å². The Hall–Kier alpha value is -4.69. The molecule has 2 spiro atoms. The Morgan fingerprint density at radius 3 is 2.05 bits per heavy atom. The third-order valence-electron chi connectivity index (χ3n) is 16.2. The lowest BCUT2D eigenvalue weighted by molar-refractivity contribution is -0.167. The van der Waals surface area contributed by atoms with Crippen LogP contribution in [0.4, 0.5) is 10.5 Å². The molecule has 74 heavy (non-hydrogen) atoms. The van der Waals surface area contributed by atoms with Crippen molar-refractivity contribution in [2.24, 2.45) is 0 Å². The molecule has 8 atom stereocenters. The van der Waals surface area contributed by atoms with Crippen LogP contribution in [0.1, 0.15) is 62.1 Å². The van der Waals surface area contributed by atoms with Crippen LogP contribution in [0, 0.1) is 0 Å². The summed E-state index contributed by atoms with van der Waals surface area (Å²) < 4.78 is 54.8. The molecule has 13 rings (SSSR count). The van der Waals surface area contributed by atoms with Crippen LogP contribution in [-0.4, -0.2) is 167 Å². The van der Waals surface area contributed by atoms with E-state index in [2.05, 4.69) is 5.32 Å². The van der Waals surface area contributed by atoms with Crippen molar-refractivity contribution in [1.29, 1.82) is 0 Å². The Morgan fingerprint density at radius 2 is 1.32 bits per heavy atom. The third-order valence-corrected chi connectivity index (χ3v) is 25.3. The molecule has 24 heteroatoms. The maximum Gasteiger partial charge on any atom is 0.508 e. The van der Waals surface area contributed by atoms with Gasteiger partial charge in [0.1, 0.15) is 12.8 Å². The minimum absolute atomic E-state index is 0.00501. The first kappa shape index (κ1) is 51.4. The summed E-state index contributed by atoms with van der Waals surface area (Å²) in [6.07, 6.45) is -0.566.